The number of aliphatic hydroxyl groups excluding tert-OH is 1. The van der Waals surface area contributed by atoms with E-state index in [1.54, 1.807) is 6.92 Å². The van der Waals surface area contributed by atoms with Crippen molar-refractivity contribution in [2.24, 2.45) is 0 Å². The molecule has 1 atom stereocenters. The lowest BCUT2D eigenvalue weighted by Crippen LogP contribution is -2.27. The number of benzene rings is 1. The first-order valence-electron chi connectivity index (χ1n) is 5.27. The van der Waals surface area contributed by atoms with Crippen LogP contribution in [0.3, 0.4) is 0 Å². The van der Waals surface area contributed by atoms with E-state index in [9.17, 15) is 4.79 Å². The molecule has 88 valence electrons. The minimum atomic E-state index is -0.372. The summed E-state index contributed by atoms with van der Waals surface area (Å²) in [5.74, 6) is -0.0208. The van der Waals surface area contributed by atoms with E-state index < -0.39 is 0 Å². The smallest absolute Gasteiger partial charge is 0.224 e. The van der Waals surface area contributed by atoms with Crippen molar-refractivity contribution < 1.29 is 9.90 Å². The maximum atomic E-state index is 11.5. The molecule has 0 spiro atoms. The second kappa shape index (κ2) is 6.66. The van der Waals surface area contributed by atoms with Crippen LogP contribution in [0.15, 0.2) is 28.7 Å². The van der Waals surface area contributed by atoms with Crippen LogP contribution in [0.25, 0.3) is 0 Å². The highest BCUT2D eigenvalue weighted by Gasteiger charge is 2.05. The zero-order valence-electron chi connectivity index (χ0n) is 9.24. The van der Waals surface area contributed by atoms with Gasteiger partial charge in [-0.15, -0.1) is 0 Å². The van der Waals surface area contributed by atoms with Gasteiger partial charge in [0.1, 0.15) is 0 Å². The second-order valence-electron chi connectivity index (χ2n) is 3.76. The average molecular weight is 286 g/mol. The molecule has 0 saturated heterocycles. The number of hydrogen-bond acceptors (Lipinski definition) is 2. The van der Waals surface area contributed by atoms with E-state index in [0.29, 0.717) is 19.4 Å². The summed E-state index contributed by atoms with van der Waals surface area (Å²) in [7, 11) is 0. The highest BCUT2D eigenvalue weighted by Crippen LogP contribution is 2.15. The first-order chi connectivity index (χ1) is 7.59. The Labute approximate surface area is 104 Å². The fraction of sp³-hybridized carbons (Fsp3) is 0.417. The molecule has 0 aliphatic carbocycles. The van der Waals surface area contributed by atoms with Crippen molar-refractivity contribution in [1.82, 2.24) is 5.32 Å². The highest BCUT2D eigenvalue weighted by molar-refractivity contribution is 9.10. The van der Waals surface area contributed by atoms with Crippen LogP contribution in [-0.4, -0.2) is 23.7 Å². The van der Waals surface area contributed by atoms with E-state index in [1.165, 1.54) is 0 Å². The van der Waals surface area contributed by atoms with Crippen molar-refractivity contribution in [3.8, 4) is 0 Å². The van der Waals surface area contributed by atoms with Gasteiger partial charge in [0.15, 0.2) is 0 Å². The lowest BCUT2D eigenvalue weighted by atomic mass is 10.1. The molecule has 0 bridgehead atoms. The van der Waals surface area contributed by atoms with Crippen LogP contribution in [0, 0.1) is 0 Å². The van der Waals surface area contributed by atoms with Gasteiger partial charge in [0, 0.05) is 11.0 Å². The molecule has 1 rings (SSSR count). The summed E-state index contributed by atoms with van der Waals surface area (Å²) in [6.07, 6.45) is 0.576. The Morgan fingerprint density at radius 1 is 1.50 bits per heavy atom. The third kappa shape index (κ3) is 4.77. The van der Waals surface area contributed by atoms with Gasteiger partial charge in [-0.25, -0.2) is 0 Å². The predicted octanol–water partition coefficient (Wildman–Crippen LogP) is 1.88. The Morgan fingerprint density at radius 2 is 2.19 bits per heavy atom. The molecular formula is C12H16BrNO2. The molecule has 0 saturated carbocycles. The van der Waals surface area contributed by atoms with Gasteiger partial charge in [-0.2, -0.15) is 0 Å². The van der Waals surface area contributed by atoms with Crippen LogP contribution in [0.2, 0.25) is 0 Å². The van der Waals surface area contributed by atoms with Crippen molar-refractivity contribution >= 4 is 21.8 Å². The summed E-state index contributed by atoms with van der Waals surface area (Å²) >= 11 is 3.40. The van der Waals surface area contributed by atoms with Crippen molar-refractivity contribution in [3.05, 3.63) is 34.3 Å². The van der Waals surface area contributed by atoms with Crippen molar-refractivity contribution in [2.75, 3.05) is 6.54 Å². The monoisotopic (exact) mass is 285 g/mol. The highest BCUT2D eigenvalue weighted by atomic mass is 79.9. The molecule has 0 aromatic heterocycles. The summed E-state index contributed by atoms with van der Waals surface area (Å²) in [5, 5.41) is 11.8. The lowest BCUT2D eigenvalue weighted by molar-refractivity contribution is -0.120. The Kier molecular flexibility index (Phi) is 5.49. The quantitative estimate of drug-likeness (QED) is 0.868. The molecule has 0 fully saturated rings. The molecule has 0 heterocycles. The van der Waals surface area contributed by atoms with Gasteiger partial charge in [0.25, 0.3) is 0 Å². The molecule has 0 aliphatic heterocycles. The van der Waals surface area contributed by atoms with Gasteiger partial charge in [-0.05, 0) is 25.0 Å². The third-order valence-corrected chi connectivity index (χ3v) is 2.97. The van der Waals surface area contributed by atoms with Gasteiger partial charge in [-0.1, -0.05) is 34.1 Å². The number of rotatable bonds is 5. The minimum absolute atomic E-state index is 0.0208. The summed E-state index contributed by atoms with van der Waals surface area (Å²) in [6.45, 7) is 2.22. The number of nitrogens with one attached hydrogen (secondary N) is 1. The maximum absolute atomic E-state index is 11.5. The van der Waals surface area contributed by atoms with Crippen molar-refractivity contribution in [1.29, 1.82) is 0 Å². The predicted molar refractivity (Wildman–Crippen MR) is 67.2 cm³/mol. The average Bonchev–Trinajstić information content (AvgIpc) is 2.21. The molecule has 1 unspecified atom stereocenters. The van der Waals surface area contributed by atoms with Crippen molar-refractivity contribution in [3.63, 3.8) is 0 Å². The summed E-state index contributed by atoms with van der Waals surface area (Å²) in [5.41, 5.74) is 0.969. The standard InChI is InChI=1S/C12H16BrNO2/c1-9(15)6-7-14-12(16)8-10-4-2-3-5-11(10)13/h2-5,9,15H,6-8H2,1H3,(H,14,16). The second-order valence-corrected chi connectivity index (χ2v) is 4.61. The van der Waals surface area contributed by atoms with Gasteiger partial charge in [-0.3, -0.25) is 4.79 Å². The van der Waals surface area contributed by atoms with Gasteiger partial charge in [0.2, 0.25) is 5.91 Å². The fourth-order valence-electron chi connectivity index (χ4n) is 1.30. The van der Waals surface area contributed by atoms with E-state index in [-0.39, 0.29) is 12.0 Å². The molecule has 0 radical (unpaired) electrons. The van der Waals surface area contributed by atoms with Gasteiger partial charge < -0.3 is 10.4 Å². The maximum Gasteiger partial charge on any atom is 0.224 e. The van der Waals surface area contributed by atoms with E-state index in [1.807, 2.05) is 24.3 Å². The van der Waals surface area contributed by atoms with Crippen LogP contribution in [0.4, 0.5) is 0 Å². The Bertz CT molecular complexity index is 353. The zero-order valence-corrected chi connectivity index (χ0v) is 10.8. The number of aliphatic hydroxyl groups is 1. The molecule has 1 aromatic carbocycles. The molecule has 4 heteroatoms. The first-order valence-corrected chi connectivity index (χ1v) is 6.07. The normalized spacial score (nSPS) is 12.2. The summed E-state index contributed by atoms with van der Waals surface area (Å²) in [4.78, 5) is 11.5. The topological polar surface area (TPSA) is 49.3 Å². The van der Waals surface area contributed by atoms with Crippen molar-refractivity contribution in [2.45, 2.75) is 25.9 Å². The van der Waals surface area contributed by atoms with Crippen LogP contribution >= 0.6 is 15.9 Å². The Balaban J connectivity index is 2.37. The number of amides is 1. The molecule has 3 nitrogen and oxygen atoms in total. The number of halogens is 1. The van der Waals surface area contributed by atoms with Crippen LogP contribution in [0.5, 0.6) is 0 Å². The zero-order chi connectivity index (χ0) is 12.0. The number of hydrogen-bond donors (Lipinski definition) is 2. The third-order valence-electron chi connectivity index (χ3n) is 2.19. The molecule has 1 aromatic rings. The Morgan fingerprint density at radius 3 is 2.81 bits per heavy atom. The summed E-state index contributed by atoms with van der Waals surface area (Å²) < 4.78 is 0.945. The van der Waals surface area contributed by atoms with Crippen LogP contribution < -0.4 is 5.32 Å². The van der Waals surface area contributed by atoms with Crippen LogP contribution in [0.1, 0.15) is 18.9 Å². The molecule has 16 heavy (non-hydrogen) atoms. The molecule has 0 aliphatic rings. The fourth-order valence-corrected chi connectivity index (χ4v) is 1.72. The number of carbonyl (C=O) groups excluding carboxylic acids is 1. The first kappa shape index (κ1) is 13.2. The molecule has 2 N–H and O–H groups in total. The summed E-state index contributed by atoms with van der Waals surface area (Å²) in [6, 6.07) is 7.65. The molecular weight excluding hydrogens is 270 g/mol. The largest absolute Gasteiger partial charge is 0.393 e. The minimum Gasteiger partial charge on any atom is -0.393 e. The van der Waals surface area contributed by atoms with E-state index in [4.69, 9.17) is 5.11 Å². The lowest BCUT2D eigenvalue weighted by Gasteiger charge is -2.07. The van der Waals surface area contributed by atoms with Gasteiger partial charge in [0.05, 0.1) is 12.5 Å². The van der Waals surface area contributed by atoms with E-state index in [2.05, 4.69) is 21.2 Å². The number of carbonyl (C=O) groups is 1. The van der Waals surface area contributed by atoms with Crippen LogP contribution in [-0.2, 0) is 11.2 Å². The van der Waals surface area contributed by atoms with E-state index in [0.717, 1.165) is 10.0 Å². The van der Waals surface area contributed by atoms with E-state index >= 15 is 0 Å². The SMILES string of the molecule is CC(O)CCNC(=O)Cc1ccccc1Br. The Hall–Kier alpha value is -0.870. The molecule has 1 amide bonds. The van der Waals surface area contributed by atoms with Gasteiger partial charge >= 0.3 is 0 Å².